The van der Waals surface area contributed by atoms with E-state index < -0.39 is 65.0 Å². The first kappa shape index (κ1) is 26.1. The molecule has 2 fully saturated rings. The standard InChI is InChI=1S/C26H36O8/c1-12-11-18(33-15(4)28)21-23(34-16(5)29)20-13(2)17(32-14(3)27)9-10-26(20,8)24(31)22(30)19(12)25(21,6)7/h17-18,20-21,23-24,31H,2,9-11H2,1,3-8H3/t17-,18-,20-,21-,23-,24-,26+/m0/s1. The molecule has 0 heterocycles. The van der Waals surface area contributed by atoms with Gasteiger partial charge in [0.05, 0.1) is 0 Å². The van der Waals surface area contributed by atoms with E-state index in [-0.39, 0.29) is 12.2 Å². The Morgan fingerprint density at radius 2 is 1.56 bits per heavy atom. The normalized spacial score (nSPS) is 37.2. The molecule has 0 aliphatic heterocycles. The highest BCUT2D eigenvalue weighted by Gasteiger charge is 2.63. The van der Waals surface area contributed by atoms with Gasteiger partial charge in [0.2, 0.25) is 0 Å². The first-order chi connectivity index (χ1) is 15.6. The smallest absolute Gasteiger partial charge is 0.303 e. The van der Waals surface area contributed by atoms with E-state index in [0.29, 0.717) is 24.0 Å². The summed E-state index contributed by atoms with van der Waals surface area (Å²) in [6.45, 7) is 15.4. The average Bonchev–Trinajstić information content (AvgIpc) is 2.66. The topological polar surface area (TPSA) is 116 Å². The molecule has 0 unspecified atom stereocenters. The van der Waals surface area contributed by atoms with Gasteiger partial charge in [0.25, 0.3) is 0 Å². The molecule has 8 heteroatoms. The predicted octanol–water partition coefficient (Wildman–Crippen LogP) is 3.06. The second-order valence-corrected chi connectivity index (χ2v) is 10.8. The largest absolute Gasteiger partial charge is 0.462 e. The molecule has 2 saturated carbocycles. The summed E-state index contributed by atoms with van der Waals surface area (Å²) >= 11 is 0. The average molecular weight is 477 g/mol. The Hall–Kier alpha value is -2.48. The number of hydrogen-bond donors (Lipinski definition) is 1. The van der Waals surface area contributed by atoms with Crippen molar-refractivity contribution in [3.8, 4) is 0 Å². The molecule has 0 aromatic carbocycles. The molecule has 0 spiro atoms. The van der Waals surface area contributed by atoms with Crippen LogP contribution in [0, 0.1) is 22.7 Å². The van der Waals surface area contributed by atoms with Crippen molar-refractivity contribution in [2.45, 2.75) is 92.1 Å². The van der Waals surface area contributed by atoms with Crippen LogP contribution in [0.15, 0.2) is 23.3 Å². The molecule has 0 aromatic heterocycles. The van der Waals surface area contributed by atoms with Crippen LogP contribution in [0.2, 0.25) is 0 Å². The lowest BCUT2D eigenvalue weighted by atomic mass is 9.49. The third-order valence-corrected chi connectivity index (χ3v) is 8.01. The zero-order valence-corrected chi connectivity index (χ0v) is 21.1. The maximum atomic E-state index is 13.8. The fourth-order valence-electron chi connectivity index (χ4n) is 6.80. The predicted molar refractivity (Wildman–Crippen MR) is 122 cm³/mol. The van der Waals surface area contributed by atoms with Crippen molar-refractivity contribution in [1.29, 1.82) is 0 Å². The van der Waals surface area contributed by atoms with Crippen LogP contribution in [0.3, 0.4) is 0 Å². The Morgan fingerprint density at radius 1 is 1.00 bits per heavy atom. The van der Waals surface area contributed by atoms with Gasteiger partial charge in [-0.25, -0.2) is 0 Å². The minimum atomic E-state index is -1.37. The van der Waals surface area contributed by atoms with E-state index in [1.807, 2.05) is 20.8 Å². The lowest BCUT2D eigenvalue weighted by Gasteiger charge is -2.58. The Labute approximate surface area is 200 Å². The molecule has 34 heavy (non-hydrogen) atoms. The summed E-state index contributed by atoms with van der Waals surface area (Å²) in [5.41, 5.74) is -0.223. The Kier molecular flexibility index (Phi) is 6.88. The molecule has 0 amide bonds. The summed E-state index contributed by atoms with van der Waals surface area (Å²) in [6, 6.07) is 0. The summed E-state index contributed by atoms with van der Waals surface area (Å²) < 4.78 is 17.2. The Bertz CT molecular complexity index is 960. The molecule has 2 bridgehead atoms. The van der Waals surface area contributed by atoms with Gasteiger partial charge in [0.15, 0.2) is 5.78 Å². The van der Waals surface area contributed by atoms with Crippen LogP contribution in [-0.4, -0.2) is 53.2 Å². The molecule has 0 aromatic rings. The number of hydrogen-bond acceptors (Lipinski definition) is 8. The summed E-state index contributed by atoms with van der Waals surface area (Å²) in [4.78, 5) is 50.0. The second kappa shape index (κ2) is 8.95. The van der Waals surface area contributed by atoms with Crippen LogP contribution < -0.4 is 0 Å². The van der Waals surface area contributed by atoms with Gasteiger partial charge in [-0.1, -0.05) is 32.9 Å². The Balaban J connectivity index is 2.30. The van der Waals surface area contributed by atoms with Gasteiger partial charge in [0, 0.05) is 55.4 Å². The molecule has 7 atom stereocenters. The molecule has 0 radical (unpaired) electrons. The highest BCUT2D eigenvalue weighted by atomic mass is 16.6. The number of Topliss-reactive ketones (excluding diaryl/α,β-unsaturated/α-hetero) is 1. The van der Waals surface area contributed by atoms with Crippen LogP contribution in [0.5, 0.6) is 0 Å². The highest BCUT2D eigenvalue weighted by Crippen LogP contribution is 2.59. The summed E-state index contributed by atoms with van der Waals surface area (Å²) in [5.74, 6) is -3.17. The molecule has 1 N–H and O–H groups in total. The van der Waals surface area contributed by atoms with E-state index in [4.69, 9.17) is 14.2 Å². The van der Waals surface area contributed by atoms with E-state index in [1.54, 1.807) is 6.92 Å². The van der Waals surface area contributed by atoms with Crippen molar-refractivity contribution >= 4 is 23.7 Å². The van der Waals surface area contributed by atoms with E-state index >= 15 is 0 Å². The number of ketones is 1. The molecule has 3 aliphatic carbocycles. The molecule has 8 nitrogen and oxygen atoms in total. The fraction of sp³-hybridized carbons (Fsp3) is 0.692. The van der Waals surface area contributed by atoms with Crippen molar-refractivity contribution < 1.29 is 38.5 Å². The maximum Gasteiger partial charge on any atom is 0.303 e. The number of fused-ring (bicyclic) bond motifs is 3. The number of ether oxygens (including phenoxy) is 3. The molecule has 3 rings (SSSR count). The van der Waals surface area contributed by atoms with Crippen molar-refractivity contribution in [2.75, 3.05) is 0 Å². The van der Waals surface area contributed by atoms with E-state index in [1.165, 1.54) is 20.8 Å². The first-order valence-electron chi connectivity index (χ1n) is 11.8. The number of aliphatic hydroxyl groups excluding tert-OH is 1. The van der Waals surface area contributed by atoms with Crippen molar-refractivity contribution in [2.24, 2.45) is 22.7 Å². The zero-order valence-electron chi connectivity index (χ0n) is 21.1. The molecule has 188 valence electrons. The van der Waals surface area contributed by atoms with E-state index in [0.717, 1.165) is 5.57 Å². The monoisotopic (exact) mass is 476 g/mol. The Morgan fingerprint density at radius 3 is 2.09 bits per heavy atom. The van der Waals surface area contributed by atoms with Crippen molar-refractivity contribution in [1.82, 2.24) is 0 Å². The highest BCUT2D eigenvalue weighted by molar-refractivity contribution is 6.01. The fourth-order valence-corrected chi connectivity index (χ4v) is 6.80. The van der Waals surface area contributed by atoms with Gasteiger partial charge >= 0.3 is 17.9 Å². The van der Waals surface area contributed by atoms with Crippen molar-refractivity contribution in [3.63, 3.8) is 0 Å². The third-order valence-electron chi connectivity index (χ3n) is 8.01. The number of aliphatic hydroxyl groups is 1. The summed E-state index contributed by atoms with van der Waals surface area (Å²) in [7, 11) is 0. The molecule has 3 aliphatic rings. The van der Waals surface area contributed by atoms with Crippen LogP contribution >= 0.6 is 0 Å². The quantitative estimate of drug-likeness (QED) is 0.375. The molecule has 0 saturated heterocycles. The SMILES string of the molecule is C=C1[C@@H](OC(C)=O)CC[C@@]2(C)[C@@H](O)C(=O)C3=C(C)C[C@H](OC(C)=O)[C@@H]([C@@H](OC(C)=O)[C@H]12)C3(C)C. The van der Waals surface area contributed by atoms with Gasteiger partial charge in [-0.3, -0.25) is 19.2 Å². The molecular weight excluding hydrogens is 440 g/mol. The number of carbonyl (C=O) groups is 4. The van der Waals surface area contributed by atoms with Crippen LogP contribution in [0.25, 0.3) is 0 Å². The zero-order chi connectivity index (χ0) is 25.7. The van der Waals surface area contributed by atoms with Gasteiger partial charge < -0.3 is 19.3 Å². The number of rotatable bonds is 3. The van der Waals surface area contributed by atoms with Gasteiger partial charge in [-0.15, -0.1) is 0 Å². The lowest BCUT2D eigenvalue weighted by molar-refractivity contribution is -0.189. The van der Waals surface area contributed by atoms with Gasteiger partial charge in [-0.05, 0) is 25.3 Å². The minimum absolute atomic E-state index is 0.280. The lowest BCUT2D eigenvalue weighted by Crippen LogP contribution is -2.63. The number of carbonyl (C=O) groups excluding carboxylic acids is 4. The number of esters is 3. The first-order valence-corrected chi connectivity index (χ1v) is 11.8. The summed E-state index contributed by atoms with van der Waals surface area (Å²) in [6.07, 6.45) is -2.55. The van der Waals surface area contributed by atoms with E-state index in [9.17, 15) is 24.3 Å². The van der Waals surface area contributed by atoms with E-state index in [2.05, 4.69) is 6.58 Å². The van der Waals surface area contributed by atoms with Gasteiger partial charge in [-0.2, -0.15) is 0 Å². The minimum Gasteiger partial charge on any atom is -0.462 e. The van der Waals surface area contributed by atoms with Crippen LogP contribution in [0.4, 0.5) is 0 Å². The second-order valence-electron chi connectivity index (χ2n) is 10.8. The molecular formula is C26H36O8. The third kappa shape index (κ3) is 4.21. The van der Waals surface area contributed by atoms with Crippen LogP contribution in [-0.2, 0) is 33.4 Å². The van der Waals surface area contributed by atoms with Gasteiger partial charge in [0.1, 0.15) is 24.4 Å². The maximum absolute atomic E-state index is 13.8. The summed E-state index contributed by atoms with van der Waals surface area (Å²) in [5, 5.41) is 11.5. The van der Waals surface area contributed by atoms with Crippen molar-refractivity contribution in [3.05, 3.63) is 23.3 Å². The van der Waals surface area contributed by atoms with Crippen LogP contribution in [0.1, 0.15) is 67.7 Å².